The molecule has 3 rings (SSSR count). The Kier molecular flexibility index (Phi) is 9.90. The molecule has 2 saturated heterocycles. The van der Waals surface area contributed by atoms with Crippen LogP contribution in [-0.4, -0.2) is 101 Å². The van der Waals surface area contributed by atoms with Gasteiger partial charge in [-0.3, -0.25) is 14.8 Å². The van der Waals surface area contributed by atoms with E-state index >= 15 is 0 Å². The zero-order valence-electron chi connectivity index (χ0n) is 19.7. The van der Waals surface area contributed by atoms with E-state index < -0.39 is 0 Å². The molecule has 1 atom stereocenters. The molecule has 7 nitrogen and oxygen atoms in total. The molecule has 31 heavy (non-hydrogen) atoms. The fraction of sp³-hybridized carbons (Fsp3) is 0.708. The number of rotatable bonds is 9. The summed E-state index contributed by atoms with van der Waals surface area (Å²) in [6.07, 6.45) is 1.35. The molecule has 2 N–H and O–H groups in total. The van der Waals surface area contributed by atoms with Gasteiger partial charge >= 0.3 is 0 Å². The Balaban J connectivity index is 1.27. The summed E-state index contributed by atoms with van der Waals surface area (Å²) >= 11 is 0. The Morgan fingerprint density at radius 2 is 1.84 bits per heavy atom. The number of anilines is 1. The lowest BCUT2D eigenvalue weighted by atomic mass is 10.2. The first-order chi connectivity index (χ1) is 15.1. The molecule has 1 aromatic carbocycles. The summed E-state index contributed by atoms with van der Waals surface area (Å²) in [5, 5.41) is 6.90. The Bertz CT molecular complexity index is 645. The molecule has 2 fully saturated rings. The fourth-order valence-electron chi connectivity index (χ4n) is 4.40. The Morgan fingerprint density at radius 3 is 2.55 bits per heavy atom. The van der Waals surface area contributed by atoms with Crippen LogP contribution in [0, 0.1) is 5.92 Å². The molecule has 0 aromatic heterocycles. The maximum Gasteiger partial charge on any atom is 0.191 e. The summed E-state index contributed by atoms with van der Waals surface area (Å²) in [7, 11) is 1.84. The van der Waals surface area contributed by atoms with Crippen LogP contribution in [0.2, 0.25) is 0 Å². The number of hydrogen-bond donors (Lipinski definition) is 2. The highest BCUT2D eigenvalue weighted by Gasteiger charge is 2.21. The van der Waals surface area contributed by atoms with Crippen LogP contribution in [0.25, 0.3) is 0 Å². The molecule has 1 aromatic rings. The van der Waals surface area contributed by atoms with Gasteiger partial charge in [-0.15, -0.1) is 0 Å². The monoisotopic (exact) mass is 430 g/mol. The van der Waals surface area contributed by atoms with Gasteiger partial charge < -0.3 is 20.3 Å². The van der Waals surface area contributed by atoms with Crippen molar-refractivity contribution in [3.05, 3.63) is 30.3 Å². The van der Waals surface area contributed by atoms with Crippen LogP contribution in [0.4, 0.5) is 5.69 Å². The topological polar surface area (TPSA) is 55.4 Å². The van der Waals surface area contributed by atoms with Crippen LogP contribution >= 0.6 is 0 Å². The van der Waals surface area contributed by atoms with Gasteiger partial charge in [0.2, 0.25) is 0 Å². The van der Waals surface area contributed by atoms with Gasteiger partial charge in [0, 0.05) is 71.6 Å². The zero-order valence-corrected chi connectivity index (χ0v) is 19.7. The van der Waals surface area contributed by atoms with Gasteiger partial charge in [-0.05, 0) is 31.0 Å². The van der Waals surface area contributed by atoms with Crippen molar-refractivity contribution in [1.29, 1.82) is 0 Å². The number of hydrogen-bond acceptors (Lipinski definition) is 5. The Hall–Kier alpha value is -1.83. The average molecular weight is 431 g/mol. The molecule has 1 unspecified atom stereocenters. The molecule has 0 bridgehead atoms. The molecule has 7 heteroatoms. The summed E-state index contributed by atoms with van der Waals surface area (Å²) < 4.78 is 5.93. The van der Waals surface area contributed by atoms with Gasteiger partial charge in [-0.2, -0.15) is 0 Å². The van der Waals surface area contributed by atoms with Crippen molar-refractivity contribution in [3.8, 4) is 0 Å². The minimum Gasteiger partial charge on any atom is -0.374 e. The van der Waals surface area contributed by atoms with E-state index in [0.717, 1.165) is 84.4 Å². The number of guanidine groups is 1. The van der Waals surface area contributed by atoms with E-state index in [4.69, 9.17) is 4.74 Å². The number of nitrogens with one attached hydrogen (secondary N) is 2. The SMILES string of the molecule is CN=C(NCCCN1CCN(c2ccccc2)CC1)NCC1CN(CC(C)C)CCO1. The molecule has 0 aliphatic carbocycles. The third-order valence-corrected chi connectivity index (χ3v) is 6.00. The van der Waals surface area contributed by atoms with E-state index in [0.29, 0.717) is 5.92 Å². The molecule has 174 valence electrons. The lowest BCUT2D eigenvalue weighted by Crippen LogP contribution is -2.50. The summed E-state index contributed by atoms with van der Waals surface area (Å²) in [4.78, 5) is 11.9. The second-order valence-electron chi connectivity index (χ2n) is 9.04. The van der Waals surface area contributed by atoms with Gasteiger partial charge in [0.15, 0.2) is 5.96 Å². The molecular weight excluding hydrogens is 388 g/mol. The average Bonchev–Trinajstić information content (AvgIpc) is 2.79. The first-order valence-electron chi connectivity index (χ1n) is 11.9. The second-order valence-corrected chi connectivity index (χ2v) is 9.04. The standard InChI is InChI=1S/C24H42N6O/c1-21(2)19-29-16-17-31-23(20-29)18-27-24(25-3)26-10-7-11-28-12-14-30(15-13-28)22-8-5-4-6-9-22/h4-6,8-9,21,23H,7,10-20H2,1-3H3,(H2,25,26,27). The molecular formula is C24H42N6O. The van der Waals surface area contributed by atoms with E-state index in [1.807, 2.05) is 7.05 Å². The number of morpholine rings is 1. The highest BCUT2D eigenvalue weighted by Crippen LogP contribution is 2.15. The lowest BCUT2D eigenvalue weighted by Gasteiger charge is -2.36. The quantitative estimate of drug-likeness (QED) is 0.354. The van der Waals surface area contributed by atoms with Crippen LogP contribution in [0.5, 0.6) is 0 Å². The maximum atomic E-state index is 5.93. The second kappa shape index (κ2) is 12.9. The van der Waals surface area contributed by atoms with Gasteiger partial charge in [0.25, 0.3) is 0 Å². The van der Waals surface area contributed by atoms with Crippen molar-refractivity contribution in [3.63, 3.8) is 0 Å². The van der Waals surface area contributed by atoms with Crippen LogP contribution in [0.1, 0.15) is 20.3 Å². The molecule has 2 aliphatic rings. The number of ether oxygens (including phenoxy) is 1. The van der Waals surface area contributed by atoms with Gasteiger partial charge in [0.1, 0.15) is 0 Å². The summed E-state index contributed by atoms with van der Waals surface area (Å²) in [5.74, 6) is 1.57. The van der Waals surface area contributed by atoms with E-state index in [2.05, 4.69) is 74.5 Å². The zero-order chi connectivity index (χ0) is 21.9. The van der Waals surface area contributed by atoms with Gasteiger partial charge in [-0.1, -0.05) is 32.0 Å². The van der Waals surface area contributed by atoms with E-state index in [9.17, 15) is 0 Å². The fourth-order valence-corrected chi connectivity index (χ4v) is 4.40. The summed E-state index contributed by atoms with van der Waals surface area (Å²) in [6, 6.07) is 10.7. The predicted octanol–water partition coefficient (Wildman–Crippen LogP) is 1.72. The minimum absolute atomic E-state index is 0.229. The first-order valence-corrected chi connectivity index (χ1v) is 11.9. The largest absolute Gasteiger partial charge is 0.374 e. The smallest absolute Gasteiger partial charge is 0.191 e. The highest BCUT2D eigenvalue weighted by molar-refractivity contribution is 5.79. The van der Waals surface area contributed by atoms with Crippen molar-refractivity contribution in [1.82, 2.24) is 20.4 Å². The lowest BCUT2D eigenvalue weighted by molar-refractivity contribution is -0.0284. The third-order valence-electron chi connectivity index (χ3n) is 6.00. The van der Waals surface area contributed by atoms with Crippen molar-refractivity contribution in [2.45, 2.75) is 26.4 Å². The van der Waals surface area contributed by atoms with Crippen molar-refractivity contribution in [2.75, 3.05) is 84.0 Å². The first kappa shape index (κ1) is 23.8. The highest BCUT2D eigenvalue weighted by atomic mass is 16.5. The minimum atomic E-state index is 0.229. The van der Waals surface area contributed by atoms with Gasteiger partial charge in [0.05, 0.1) is 12.7 Å². The van der Waals surface area contributed by atoms with E-state index in [1.165, 1.54) is 5.69 Å². The number of aliphatic imine (C=N–C) groups is 1. The van der Waals surface area contributed by atoms with Crippen molar-refractivity contribution >= 4 is 11.6 Å². The van der Waals surface area contributed by atoms with Crippen LogP contribution in [0.15, 0.2) is 35.3 Å². The normalized spacial score (nSPS) is 21.5. The van der Waals surface area contributed by atoms with Crippen LogP contribution in [0.3, 0.4) is 0 Å². The Labute approximate surface area is 188 Å². The molecule has 0 radical (unpaired) electrons. The third kappa shape index (κ3) is 8.31. The van der Waals surface area contributed by atoms with Crippen molar-refractivity contribution in [2.24, 2.45) is 10.9 Å². The van der Waals surface area contributed by atoms with Crippen LogP contribution in [-0.2, 0) is 4.74 Å². The predicted molar refractivity (Wildman–Crippen MR) is 130 cm³/mol. The number of benzene rings is 1. The molecule has 2 aliphatic heterocycles. The number of para-hydroxylation sites is 1. The molecule has 0 saturated carbocycles. The van der Waals surface area contributed by atoms with E-state index in [-0.39, 0.29) is 6.10 Å². The molecule has 0 spiro atoms. The van der Waals surface area contributed by atoms with E-state index in [1.54, 1.807) is 0 Å². The molecule has 2 heterocycles. The maximum absolute atomic E-state index is 5.93. The Morgan fingerprint density at radius 1 is 1.06 bits per heavy atom. The molecule has 0 amide bonds. The number of nitrogens with zero attached hydrogens (tertiary/aromatic N) is 4. The van der Waals surface area contributed by atoms with Gasteiger partial charge in [-0.25, -0.2) is 0 Å². The van der Waals surface area contributed by atoms with Crippen LogP contribution < -0.4 is 15.5 Å². The summed E-state index contributed by atoms with van der Waals surface area (Å²) in [6.45, 7) is 15.9. The number of piperazine rings is 1. The van der Waals surface area contributed by atoms with Crippen molar-refractivity contribution < 1.29 is 4.74 Å². The summed E-state index contributed by atoms with van der Waals surface area (Å²) in [5.41, 5.74) is 1.34.